The molecule has 1 saturated heterocycles. The Bertz CT molecular complexity index is 634. The maximum atomic E-state index is 11.8. The number of nitrogens with zero attached hydrogens (tertiary/aromatic N) is 3. The van der Waals surface area contributed by atoms with E-state index >= 15 is 0 Å². The van der Waals surface area contributed by atoms with Gasteiger partial charge >= 0.3 is 0 Å². The summed E-state index contributed by atoms with van der Waals surface area (Å²) < 4.78 is 0.935. The van der Waals surface area contributed by atoms with Crippen LogP contribution in [0.3, 0.4) is 0 Å². The van der Waals surface area contributed by atoms with E-state index in [0.29, 0.717) is 18.5 Å². The lowest BCUT2D eigenvalue weighted by Crippen LogP contribution is -2.36. The second-order valence-corrected chi connectivity index (χ2v) is 5.40. The zero-order valence-corrected chi connectivity index (χ0v) is 11.6. The predicted molar refractivity (Wildman–Crippen MR) is 71.9 cm³/mol. The van der Waals surface area contributed by atoms with Crippen LogP contribution >= 0.6 is 15.9 Å². The molecule has 0 saturated carbocycles. The molecule has 2 aliphatic rings. The highest BCUT2D eigenvalue weighted by Crippen LogP contribution is 2.41. The smallest absolute Gasteiger partial charge is 0.244 e. The Hall–Kier alpha value is -1.84. The summed E-state index contributed by atoms with van der Waals surface area (Å²) in [5.41, 5.74) is 7.33. The molecule has 1 aromatic carbocycles. The number of fused-ring (bicyclic) bond motifs is 1. The Labute approximate surface area is 119 Å². The van der Waals surface area contributed by atoms with Crippen molar-refractivity contribution in [2.75, 3.05) is 6.54 Å². The summed E-state index contributed by atoms with van der Waals surface area (Å²) in [5.74, 6) is 0.206. The fourth-order valence-corrected chi connectivity index (χ4v) is 3.03. The van der Waals surface area contributed by atoms with Gasteiger partial charge in [-0.25, -0.2) is 5.01 Å². The molecule has 3 rings (SSSR count). The summed E-state index contributed by atoms with van der Waals surface area (Å²) in [5, 5.41) is 12.6. The summed E-state index contributed by atoms with van der Waals surface area (Å²) in [6.07, 6.45) is 0.434. The average molecular weight is 319 g/mol. The van der Waals surface area contributed by atoms with Gasteiger partial charge < -0.3 is 5.73 Å². The van der Waals surface area contributed by atoms with Gasteiger partial charge in [0.2, 0.25) is 5.91 Å². The molecule has 19 heavy (non-hydrogen) atoms. The van der Waals surface area contributed by atoms with Crippen LogP contribution in [0.1, 0.15) is 18.0 Å². The number of halogens is 1. The summed E-state index contributed by atoms with van der Waals surface area (Å²) in [7, 11) is 0. The monoisotopic (exact) mass is 318 g/mol. The molecule has 96 valence electrons. The second kappa shape index (κ2) is 4.37. The number of hydrogen-bond acceptors (Lipinski definition) is 4. The number of rotatable bonds is 1. The minimum atomic E-state index is -0.269. The first-order chi connectivity index (χ1) is 9.13. The van der Waals surface area contributed by atoms with Gasteiger partial charge in [0.05, 0.1) is 11.6 Å². The molecule has 0 bridgehead atoms. The number of nitriles is 1. The Morgan fingerprint density at radius 3 is 2.95 bits per heavy atom. The number of amides is 1. The van der Waals surface area contributed by atoms with E-state index in [9.17, 15) is 10.1 Å². The van der Waals surface area contributed by atoms with Crippen LogP contribution in [0.2, 0.25) is 0 Å². The molecule has 1 aromatic rings. The molecule has 5 nitrogen and oxygen atoms in total. The highest BCUT2D eigenvalue weighted by Gasteiger charge is 2.45. The van der Waals surface area contributed by atoms with Crippen molar-refractivity contribution in [3.05, 3.63) is 45.7 Å². The van der Waals surface area contributed by atoms with E-state index in [0.717, 1.165) is 10.0 Å². The van der Waals surface area contributed by atoms with Crippen LogP contribution < -0.4 is 5.73 Å². The van der Waals surface area contributed by atoms with Crippen LogP contribution in [0.5, 0.6) is 0 Å². The summed E-state index contributed by atoms with van der Waals surface area (Å²) in [4.78, 5) is 11.8. The van der Waals surface area contributed by atoms with E-state index in [1.807, 2.05) is 29.3 Å². The van der Waals surface area contributed by atoms with E-state index in [4.69, 9.17) is 5.73 Å². The molecule has 0 spiro atoms. The lowest BCUT2D eigenvalue weighted by Gasteiger charge is -2.26. The molecular formula is C13H11BrN4O. The predicted octanol–water partition coefficient (Wildman–Crippen LogP) is 1.65. The number of carbonyl (C=O) groups is 1. The van der Waals surface area contributed by atoms with Crippen molar-refractivity contribution in [3.8, 4) is 6.07 Å². The third-order valence-corrected chi connectivity index (χ3v) is 3.90. The summed E-state index contributed by atoms with van der Waals surface area (Å²) in [6.45, 7) is 0.585. The molecule has 0 unspecified atom stereocenters. The third kappa shape index (κ3) is 1.74. The first kappa shape index (κ1) is 12.2. The van der Waals surface area contributed by atoms with Crippen molar-refractivity contribution in [2.24, 2.45) is 5.73 Å². The highest BCUT2D eigenvalue weighted by atomic mass is 79.9. The first-order valence-corrected chi connectivity index (χ1v) is 6.67. The first-order valence-electron chi connectivity index (χ1n) is 5.88. The molecule has 2 heterocycles. The molecule has 0 aliphatic carbocycles. The molecule has 0 aromatic heterocycles. The summed E-state index contributed by atoms with van der Waals surface area (Å²) >= 11 is 3.42. The van der Waals surface area contributed by atoms with Gasteiger partial charge in [-0.05, 0) is 17.7 Å². The van der Waals surface area contributed by atoms with Crippen molar-refractivity contribution < 1.29 is 4.79 Å². The topological polar surface area (TPSA) is 73.4 Å². The molecule has 2 aliphatic heterocycles. The Kier molecular flexibility index (Phi) is 2.81. The molecule has 6 heteroatoms. The number of hydrazine groups is 1. The van der Waals surface area contributed by atoms with Crippen LogP contribution in [0.15, 0.2) is 40.1 Å². The van der Waals surface area contributed by atoms with Gasteiger partial charge in [0, 0.05) is 17.4 Å². The standard InChI is InChI=1S/C13H11BrN4O/c14-9-3-1-2-8(6-9)12-10(7-15)13(16)18-11(19)4-5-17(12)18/h1-3,6,12H,4-5,16H2/t12-/m1/s1. The maximum Gasteiger partial charge on any atom is 0.244 e. The Morgan fingerprint density at radius 2 is 2.26 bits per heavy atom. The van der Waals surface area contributed by atoms with Crippen LogP contribution in [0.4, 0.5) is 0 Å². The zero-order valence-electron chi connectivity index (χ0n) is 10.0. The molecule has 2 N–H and O–H groups in total. The highest BCUT2D eigenvalue weighted by molar-refractivity contribution is 9.10. The van der Waals surface area contributed by atoms with Crippen LogP contribution in [0, 0.1) is 11.3 Å². The second-order valence-electron chi connectivity index (χ2n) is 4.49. The lowest BCUT2D eigenvalue weighted by atomic mass is 10.00. The fourth-order valence-electron chi connectivity index (χ4n) is 2.61. The van der Waals surface area contributed by atoms with Crippen LogP contribution in [0.25, 0.3) is 0 Å². The summed E-state index contributed by atoms with van der Waals surface area (Å²) in [6, 6.07) is 9.58. The third-order valence-electron chi connectivity index (χ3n) is 3.41. The lowest BCUT2D eigenvalue weighted by molar-refractivity contribution is -0.133. The van der Waals surface area contributed by atoms with Gasteiger partial charge in [0.1, 0.15) is 11.9 Å². The van der Waals surface area contributed by atoms with E-state index in [1.165, 1.54) is 5.01 Å². The van der Waals surface area contributed by atoms with Crippen molar-refractivity contribution in [2.45, 2.75) is 12.5 Å². The SMILES string of the molecule is N#CC1=C(N)N2C(=O)CCN2[C@@H]1c1cccc(Br)c1. The van der Waals surface area contributed by atoms with E-state index in [2.05, 4.69) is 22.0 Å². The van der Waals surface area contributed by atoms with Gasteiger partial charge in [-0.2, -0.15) is 10.3 Å². The van der Waals surface area contributed by atoms with Gasteiger partial charge in [0.25, 0.3) is 0 Å². The van der Waals surface area contributed by atoms with Crippen molar-refractivity contribution in [1.29, 1.82) is 5.26 Å². The van der Waals surface area contributed by atoms with Gasteiger partial charge in [0.15, 0.2) is 0 Å². The zero-order chi connectivity index (χ0) is 13.6. The number of carbonyl (C=O) groups excluding carboxylic acids is 1. The molecular weight excluding hydrogens is 308 g/mol. The van der Waals surface area contributed by atoms with Gasteiger partial charge in [-0.15, -0.1) is 0 Å². The molecule has 0 radical (unpaired) electrons. The Morgan fingerprint density at radius 1 is 1.47 bits per heavy atom. The molecule has 1 fully saturated rings. The maximum absolute atomic E-state index is 11.8. The largest absolute Gasteiger partial charge is 0.383 e. The minimum Gasteiger partial charge on any atom is -0.383 e. The normalized spacial score (nSPS) is 22.8. The van der Waals surface area contributed by atoms with Gasteiger partial charge in [-0.1, -0.05) is 28.1 Å². The van der Waals surface area contributed by atoms with E-state index < -0.39 is 0 Å². The van der Waals surface area contributed by atoms with Gasteiger partial charge in [-0.3, -0.25) is 4.79 Å². The van der Waals surface area contributed by atoms with Crippen LogP contribution in [-0.2, 0) is 4.79 Å². The number of nitrogens with two attached hydrogens (primary N) is 1. The van der Waals surface area contributed by atoms with E-state index in [-0.39, 0.29) is 17.8 Å². The van der Waals surface area contributed by atoms with Crippen LogP contribution in [-0.4, -0.2) is 22.5 Å². The van der Waals surface area contributed by atoms with Crippen molar-refractivity contribution >= 4 is 21.8 Å². The van der Waals surface area contributed by atoms with Crippen molar-refractivity contribution in [1.82, 2.24) is 10.0 Å². The number of benzene rings is 1. The average Bonchev–Trinajstić information content (AvgIpc) is 2.89. The Balaban J connectivity index is 2.11. The number of hydrogen-bond donors (Lipinski definition) is 1. The molecule has 1 amide bonds. The van der Waals surface area contributed by atoms with Crippen molar-refractivity contribution in [3.63, 3.8) is 0 Å². The quantitative estimate of drug-likeness (QED) is 0.854. The minimum absolute atomic E-state index is 0.0530. The fraction of sp³-hybridized carbons (Fsp3) is 0.231. The molecule has 1 atom stereocenters. The van der Waals surface area contributed by atoms with E-state index in [1.54, 1.807) is 0 Å².